The van der Waals surface area contributed by atoms with E-state index in [2.05, 4.69) is 164 Å². The highest BCUT2D eigenvalue weighted by atomic mass is 15.0. The van der Waals surface area contributed by atoms with Crippen molar-refractivity contribution in [3.8, 4) is 78.7 Å². The Balaban J connectivity index is 1.19. The highest BCUT2D eigenvalue weighted by Gasteiger charge is 2.16. The fraction of sp³-hybridized carbons (Fsp3) is 0. The molecule has 3 heteroatoms. The van der Waals surface area contributed by atoms with E-state index in [1.54, 1.807) is 0 Å². The Kier molecular flexibility index (Phi) is 7.92. The summed E-state index contributed by atoms with van der Waals surface area (Å²) in [6.07, 6.45) is 0. The molecule has 7 aromatic carbocycles. The minimum absolute atomic E-state index is 0.635. The van der Waals surface area contributed by atoms with Crippen molar-refractivity contribution >= 4 is 0 Å². The summed E-state index contributed by atoms with van der Waals surface area (Å²) < 4.78 is 0. The van der Waals surface area contributed by atoms with Crippen molar-refractivity contribution < 1.29 is 0 Å². The molecule has 1 heterocycles. The average Bonchev–Trinajstić information content (AvgIpc) is 3.19. The van der Waals surface area contributed by atoms with E-state index in [0.29, 0.717) is 17.5 Å². The first kappa shape index (κ1) is 29.0. The lowest BCUT2D eigenvalue weighted by atomic mass is 9.98. The topological polar surface area (TPSA) is 38.7 Å². The summed E-state index contributed by atoms with van der Waals surface area (Å²) in [5.74, 6) is 1.91. The third-order valence-corrected chi connectivity index (χ3v) is 8.61. The third kappa shape index (κ3) is 6.05. The van der Waals surface area contributed by atoms with Gasteiger partial charge in [0.1, 0.15) is 0 Å². The molecule has 0 bridgehead atoms. The molecular formula is C45H31N3. The van der Waals surface area contributed by atoms with Gasteiger partial charge >= 0.3 is 0 Å². The standard InChI is InChI=1S/C45H31N3/c1-4-12-32(13-5-1)34-20-22-36(23-21-34)37-26-30-40(31-27-37)44-46-43(39-28-24-35(25-29-39)33-14-6-2-7-15-33)47-45(48-44)42-19-11-10-18-41(42)38-16-8-3-9-17-38/h1-31H. The minimum atomic E-state index is 0.635. The Labute approximate surface area is 280 Å². The number of benzene rings is 7. The van der Waals surface area contributed by atoms with Gasteiger partial charge in [-0.15, -0.1) is 0 Å². The van der Waals surface area contributed by atoms with Crippen molar-refractivity contribution in [2.24, 2.45) is 0 Å². The normalized spacial score (nSPS) is 10.9. The lowest BCUT2D eigenvalue weighted by molar-refractivity contribution is 1.07. The van der Waals surface area contributed by atoms with E-state index in [1.807, 2.05) is 24.3 Å². The monoisotopic (exact) mass is 613 g/mol. The van der Waals surface area contributed by atoms with Crippen molar-refractivity contribution in [2.45, 2.75) is 0 Å². The fourth-order valence-corrected chi connectivity index (χ4v) is 6.04. The van der Waals surface area contributed by atoms with Crippen molar-refractivity contribution in [1.29, 1.82) is 0 Å². The Bertz CT molecular complexity index is 2280. The lowest BCUT2D eigenvalue weighted by Gasteiger charge is -2.12. The molecular weight excluding hydrogens is 583 g/mol. The van der Waals surface area contributed by atoms with E-state index >= 15 is 0 Å². The lowest BCUT2D eigenvalue weighted by Crippen LogP contribution is -2.01. The number of hydrogen-bond donors (Lipinski definition) is 0. The molecule has 48 heavy (non-hydrogen) atoms. The predicted octanol–water partition coefficient (Wildman–Crippen LogP) is 11.5. The zero-order valence-corrected chi connectivity index (χ0v) is 26.2. The third-order valence-electron chi connectivity index (χ3n) is 8.61. The van der Waals surface area contributed by atoms with E-state index in [9.17, 15) is 0 Å². The highest BCUT2D eigenvalue weighted by Crippen LogP contribution is 2.33. The Hall–Kier alpha value is -6.45. The molecule has 0 unspecified atom stereocenters. The second kappa shape index (κ2) is 13.1. The molecule has 0 atom stereocenters. The Morgan fingerprint density at radius 1 is 0.188 bits per heavy atom. The van der Waals surface area contributed by atoms with E-state index < -0.39 is 0 Å². The molecule has 0 aliphatic carbocycles. The van der Waals surface area contributed by atoms with Crippen LogP contribution >= 0.6 is 0 Å². The number of rotatable bonds is 7. The first-order chi connectivity index (χ1) is 23.8. The summed E-state index contributed by atoms with van der Waals surface area (Å²) >= 11 is 0. The van der Waals surface area contributed by atoms with E-state index in [-0.39, 0.29) is 0 Å². The van der Waals surface area contributed by atoms with E-state index in [4.69, 9.17) is 15.0 Å². The second-order valence-electron chi connectivity index (χ2n) is 11.7. The molecule has 0 fully saturated rings. The van der Waals surface area contributed by atoms with Crippen LogP contribution in [-0.4, -0.2) is 15.0 Å². The van der Waals surface area contributed by atoms with E-state index in [1.165, 1.54) is 16.7 Å². The van der Waals surface area contributed by atoms with Crippen molar-refractivity contribution in [3.63, 3.8) is 0 Å². The van der Waals surface area contributed by atoms with Crippen LogP contribution < -0.4 is 0 Å². The molecule has 1 aromatic heterocycles. The van der Waals surface area contributed by atoms with Crippen LogP contribution in [-0.2, 0) is 0 Å². The number of hydrogen-bond acceptors (Lipinski definition) is 3. The number of nitrogens with zero attached hydrogens (tertiary/aromatic N) is 3. The second-order valence-corrected chi connectivity index (χ2v) is 11.7. The van der Waals surface area contributed by atoms with Gasteiger partial charge < -0.3 is 0 Å². The van der Waals surface area contributed by atoms with Crippen LogP contribution in [0.15, 0.2) is 188 Å². The zero-order chi connectivity index (χ0) is 32.1. The first-order valence-electron chi connectivity index (χ1n) is 16.1. The van der Waals surface area contributed by atoms with Gasteiger partial charge in [0.25, 0.3) is 0 Å². The molecule has 0 aliphatic rings. The summed E-state index contributed by atoms with van der Waals surface area (Å²) in [6, 6.07) is 65.2. The Morgan fingerprint density at radius 2 is 0.458 bits per heavy atom. The van der Waals surface area contributed by atoms with Crippen LogP contribution in [0.1, 0.15) is 0 Å². The summed E-state index contributed by atoms with van der Waals surface area (Å²) in [5.41, 5.74) is 12.1. The summed E-state index contributed by atoms with van der Waals surface area (Å²) in [5, 5.41) is 0. The zero-order valence-electron chi connectivity index (χ0n) is 26.2. The maximum atomic E-state index is 5.08. The van der Waals surface area contributed by atoms with Gasteiger partial charge in [-0.2, -0.15) is 0 Å². The van der Waals surface area contributed by atoms with Crippen LogP contribution in [0, 0.1) is 0 Å². The summed E-state index contributed by atoms with van der Waals surface area (Å²) in [7, 11) is 0. The molecule has 0 radical (unpaired) electrons. The van der Waals surface area contributed by atoms with Gasteiger partial charge in [0.05, 0.1) is 0 Å². The molecule has 3 nitrogen and oxygen atoms in total. The summed E-state index contributed by atoms with van der Waals surface area (Å²) in [6.45, 7) is 0. The SMILES string of the molecule is c1ccc(-c2ccc(-c3ccc(-c4nc(-c5ccc(-c6ccccc6)cc5)nc(-c5ccccc5-c5ccccc5)n4)cc3)cc2)cc1. The molecule has 0 N–H and O–H groups in total. The molecule has 0 saturated carbocycles. The molecule has 0 saturated heterocycles. The van der Waals surface area contributed by atoms with E-state index in [0.717, 1.165) is 44.5 Å². The van der Waals surface area contributed by atoms with Gasteiger partial charge in [-0.1, -0.05) is 188 Å². The quantitative estimate of drug-likeness (QED) is 0.179. The van der Waals surface area contributed by atoms with Gasteiger partial charge in [0, 0.05) is 16.7 Å². The molecule has 8 aromatic rings. The van der Waals surface area contributed by atoms with Gasteiger partial charge in [-0.05, 0) is 44.5 Å². The predicted molar refractivity (Wildman–Crippen MR) is 198 cm³/mol. The van der Waals surface area contributed by atoms with Crippen LogP contribution in [0.4, 0.5) is 0 Å². The maximum Gasteiger partial charge on any atom is 0.164 e. The number of aromatic nitrogens is 3. The van der Waals surface area contributed by atoms with Crippen molar-refractivity contribution in [1.82, 2.24) is 15.0 Å². The molecule has 8 rings (SSSR count). The first-order valence-corrected chi connectivity index (χ1v) is 16.1. The highest BCUT2D eigenvalue weighted by molar-refractivity contribution is 5.82. The van der Waals surface area contributed by atoms with Gasteiger partial charge in [0.15, 0.2) is 17.5 Å². The van der Waals surface area contributed by atoms with Gasteiger partial charge in [0.2, 0.25) is 0 Å². The minimum Gasteiger partial charge on any atom is -0.208 e. The van der Waals surface area contributed by atoms with Crippen LogP contribution in [0.5, 0.6) is 0 Å². The molecule has 0 amide bonds. The maximum absolute atomic E-state index is 5.08. The van der Waals surface area contributed by atoms with Crippen LogP contribution in [0.2, 0.25) is 0 Å². The molecule has 226 valence electrons. The fourth-order valence-electron chi connectivity index (χ4n) is 6.04. The van der Waals surface area contributed by atoms with Crippen molar-refractivity contribution in [2.75, 3.05) is 0 Å². The molecule has 0 spiro atoms. The smallest absolute Gasteiger partial charge is 0.164 e. The van der Waals surface area contributed by atoms with Crippen LogP contribution in [0.25, 0.3) is 78.7 Å². The largest absolute Gasteiger partial charge is 0.208 e. The Morgan fingerprint density at radius 3 is 0.854 bits per heavy atom. The average molecular weight is 614 g/mol. The van der Waals surface area contributed by atoms with Gasteiger partial charge in [-0.25, -0.2) is 15.0 Å². The molecule has 0 aliphatic heterocycles. The van der Waals surface area contributed by atoms with Crippen LogP contribution in [0.3, 0.4) is 0 Å². The van der Waals surface area contributed by atoms with Gasteiger partial charge in [-0.3, -0.25) is 0 Å². The summed E-state index contributed by atoms with van der Waals surface area (Å²) in [4.78, 5) is 15.2. The van der Waals surface area contributed by atoms with Crippen molar-refractivity contribution in [3.05, 3.63) is 188 Å².